The maximum Gasteiger partial charge on any atom is 0.263 e. The van der Waals surface area contributed by atoms with Crippen molar-refractivity contribution < 1.29 is 4.79 Å². The number of hydrogen-bond donors (Lipinski definition) is 2. The van der Waals surface area contributed by atoms with Crippen molar-refractivity contribution in [2.24, 2.45) is 0 Å². The van der Waals surface area contributed by atoms with Gasteiger partial charge in [0.1, 0.15) is 4.88 Å². The van der Waals surface area contributed by atoms with E-state index in [4.69, 9.17) is 0 Å². The molecule has 1 aromatic rings. The molecule has 1 unspecified atom stereocenters. The summed E-state index contributed by atoms with van der Waals surface area (Å²) >= 11 is 1.39. The molecule has 1 atom stereocenters. The molecule has 1 heterocycles. The number of thiazole rings is 1. The minimum absolute atomic E-state index is 0.0270. The van der Waals surface area contributed by atoms with E-state index in [-0.39, 0.29) is 11.9 Å². The van der Waals surface area contributed by atoms with Gasteiger partial charge in [-0.25, -0.2) is 4.98 Å². The van der Waals surface area contributed by atoms with Crippen LogP contribution in [-0.2, 0) is 0 Å². The van der Waals surface area contributed by atoms with E-state index in [1.54, 1.807) is 7.05 Å². The zero-order valence-electron chi connectivity index (χ0n) is 9.55. The van der Waals surface area contributed by atoms with Crippen LogP contribution in [0, 0.1) is 6.92 Å². The lowest BCUT2D eigenvalue weighted by Gasteiger charge is -2.09. The number of nitrogens with one attached hydrogen (secondary N) is 2. The second-order valence-corrected chi connectivity index (χ2v) is 4.47. The number of rotatable bonds is 4. The molecule has 0 bridgehead atoms. The van der Waals surface area contributed by atoms with E-state index in [2.05, 4.69) is 15.6 Å². The van der Waals surface area contributed by atoms with Crippen molar-refractivity contribution in [3.05, 3.63) is 10.6 Å². The van der Waals surface area contributed by atoms with Crippen molar-refractivity contribution in [2.75, 3.05) is 12.4 Å². The van der Waals surface area contributed by atoms with Crippen molar-refractivity contribution in [1.29, 1.82) is 0 Å². The number of amides is 1. The lowest BCUT2D eigenvalue weighted by Crippen LogP contribution is -2.31. The predicted molar refractivity (Wildman–Crippen MR) is 63.6 cm³/mol. The number of carbonyl (C=O) groups is 1. The standard InChI is InChI=1S/C10H17N3OS/c1-5-6(2)12-9(14)8-7(3)13-10(11-4)15-8/h6H,5H2,1-4H3,(H,11,13)(H,12,14). The van der Waals surface area contributed by atoms with Crippen LogP contribution in [0.15, 0.2) is 0 Å². The van der Waals surface area contributed by atoms with E-state index in [0.29, 0.717) is 4.88 Å². The van der Waals surface area contributed by atoms with Gasteiger partial charge in [-0.1, -0.05) is 18.3 Å². The first-order chi connectivity index (χ1) is 7.08. The molecule has 15 heavy (non-hydrogen) atoms. The molecule has 84 valence electrons. The Morgan fingerprint density at radius 1 is 1.60 bits per heavy atom. The first kappa shape index (κ1) is 12.0. The van der Waals surface area contributed by atoms with Gasteiger partial charge < -0.3 is 10.6 Å². The van der Waals surface area contributed by atoms with Crippen LogP contribution in [0.3, 0.4) is 0 Å². The molecule has 1 aromatic heterocycles. The van der Waals surface area contributed by atoms with Gasteiger partial charge in [-0.3, -0.25) is 4.79 Å². The summed E-state index contributed by atoms with van der Waals surface area (Å²) in [5, 5.41) is 6.65. The first-order valence-electron chi connectivity index (χ1n) is 5.04. The predicted octanol–water partition coefficient (Wildman–Crippen LogP) is 2.02. The van der Waals surface area contributed by atoms with Crippen LogP contribution < -0.4 is 10.6 Å². The van der Waals surface area contributed by atoms with Gasteiger partial charge in [-0.15, -0.1) is 0 Å². The van der Waals surface area contributed by atoms with Gasteiger partial charge in [0.2, 0.25) is 0 Å². The highest BCUT2D eigenvalue weighted by Crippen LogP contribution is 2.21. The normalized spacial score (nSPS) is 12.3. The summed E-state index contributed by atoms with van der Waals surface area (Å²) in [5.41, 5.74) is 0.783. The maximum absolute atomic E-state index is 11.8. The number of anilines is 1. The number of carbonyl (C=O) groups excluding carboxylic acids is 1. The summed E-state index contributed by atoms with van der Waals surface area (Å²) < 4.78 is 0. The number of hydrogen-bond acceptors (Lipinski definition) is 4. The Labute approximate surface area is 94.1 Å². The van der Waals surface area contributed by atoms with Gasteiger partial charge in [-0.2, -0.15) is 0 Å². The summed E-state index contributed by atoms with van der Waals surface area (Å²) in [6, 6.07) is 0.206. The molecule has 1 rings (SSSR count). The Bertz CT molecular complexity index is 348. The molecular weight excluding hydrogens is 210 g/mol. The Hall–Kier alpha value is -1.10. The fourth-order valence-electron chi connectivity index (χ4n) is 1.11. The van der Waals surface area contributed by atoms with Crippen LogP contribution >= 0.6 is 11.3 Å². The van der Waals surface area contributed by atoms with Crippen molar-refractivity contribution in [1.82, 2.24) is 10.3 Å². The van der Waals surface area contributed by atoms with E-state index in [1.807, 2.05) is 20.8 Å². The third-order valence-electron chi connectivity index (χ3n) is 2.21. The highest BCUT2D eigenvalue weighted by atomic mass is 32.1. The van der Waals surface area contributed by atoms with Crippen LogP contribution in [-0.4, -0.2) is 24.0 Å². The fourth-order valence-corrected chi connectivity index (χ4v) is 1.93. The molecule has 5 heteroatoms. The van der Waals surface area contributed by atoms with E-state index in [9.17, 15) is 4.79 Å². The summed E-state index contributed by atoms with van der Waals surface area (Å²) in [6.07, 6.45) is 0.933. The second-order valence-electron chi connectivity index (χ2n) is 3.47. The number of aromatic nitrogens is 1. The van der Waals surface area contributed by atoms with E-state index in [0.717, 1.165) is 17.2 Å². The average Bonchev–Trinajstić information content (AvgIpc) is 2.59. The third kappa shape index (κ3) is 2.92. The first-order valence-corrected chi connectivity index (χ1v) is 5.86. The molecule has 4 nitrogen and oxygen atoms in total. The fraction of sp³-hybridized carbons (Fsp3) is 0.600. The van der Waals surface area contributed by atoms with Gasteiger partial charge >= 0.3 is 0 Å². The van der Waals surface area contributed by atoms with E-state index in [1.165, 1.54) is 11.3 Å². The number of nitrogens with zero attached hydrogens (tertiary/aromatic N) is 1. The topological polar surface area (TPSA) is 54.0 Å². The van der Waals surface area contributed by atoms with Gasteiger partial charge in [0.25, 0.3) is 5.91 Å². The largest absolute Gasteiger partial charge is 0.365 e. The number of aryl methyl sites for hydroxylation is 1. The Morgan fingerprint density at radius 3 is 2.73 bits per heavy atom. The van der Waals surface area contributed by atoms with Crippen molar-refractivity contribution >= 4 is 22.4 Å². The van der Waals surface area contributed by atoms with Crippen LogP contribution in [0.25, 0.3) is 0 Å². The molecule has 0 aromatic carbocycles. The van der Waals surface area contributed by atoms with Crippen molar-refractivity contribution in [3.63, 3.8) is 0 Å². The molecule has 2 N–H and O–H groups in total. The van der Waals surface area contributed by atoms with Crippen molar-refractivity contribution in [3.8, 4) is 0 Å². The lowest BCUT2D eigenvalue weighted by molar-refractivity contribution is 0.0942. The second kappa shape index (κ2) is 5.11. The summed E-state index contributed by atoms with van der Waals surface area (Å²) in [6.45, 7) is 5.89. The van der Waals surface area contributed by atoms with Gasteiger partial charge in [0, 0.05) is 13.1 Å². The zero-order chi connectivity index (χ0) is 11.4. The molecule has 0 spiro atoms. The minimum Gasteiger partial charge on any atom is -0.365 e. The highest BCUT2D eigenvalue weighted by molar-refractivity contribution is 7.17. The highest BCUT2D eigenvalue weighted by Gasteiger charge is 2.15. The smallest absolute Gasteiger partial charge is 0.263 e. The molecule has 0 saturated carbocycles. The summed E-state index contributed by atoms with van der Waals surface area (Å²) in [4.78, 5) is 16.7. The molecule has 0 aliphatic heterocycles. The minimum atomic E-state index is -0.0270. The summed E-state index contributed by atoms with van der Waals surface area (Å²) in [5.74, 6) is -0.0270. The molecule has 1 amide bonds. The van der Waals surface area contributed by atoms with Crippen molar-refractivity contribution in [2.45, 2.75) is 33.2 Å². The Balaban J connectivity index is 2.77. The monoisotopic (exact) mass is 227 g/mol. The molecule has 0 radical (unpaired) electrons. The van der Waals surface area contributed by atoms with Gasteiger partial charge in [0.15, 0.2) is 5.13 Å². The molecule has 0 aliphatic carbocycles. The van der Waals surface area contributed by atoms with Gasteiger partial charge in [-0.05, 0) is 20.3 Å². The third-order valence-corrected chi connectivity index (χ3v) is 3.38. The average molecular weight is 227 g/mol. The summed E-state index contributed by atoms with van der Waals surface area (Å²) in [7, 11) is 1.80. The Kier molecular flexibility index (Phi) is 4.08. The SMILES string of the molecule is CCC(C)NC(=O)c1sc(NC)nc1C. The lowest BCUT2D eigenvalue weighted by atomic mass is 10.2. The molecule has 0 fully saturated rings. The molecular formula is C10H17N3OS. The van der Waals surface area contributed by atoms with Gasteiger partial charge in [0.05, 0.1) is 5.69 Å². The Morgan fingerprint density at radius 2 is 2.27 bits per heavy atom. The quantitative estimate of drug-likeness (QED) is 0.827. The van der Waals surface area contributed by atoms with Crippen LogP contribution in [0.5, 0.6) is 0 Å². The van der Waals surface area contributed by atoms with E-state index < -0.39 is 0 Å². The van der Waals surface area contributed by atoms with Crippen LogP contribution in [0.1, 0.15) is 35.6 Å². The molecule has 0 aliphatic rings. The molecule has 0 saturated heterocycles. The van der Waals surface area contributed by atoms with Crippen LogP contribution in [0.2, 0.25) is 0 Å². The zero-order valence-corrected chi connectivity index (χ0v) is 10.4. The van der Waals surface area contributed by atoms with Crippen LogP contribution in [0.4, 0.5) is 5.13 Å². The maximum atomic E-state index is 11.8. The van der Waals surface area contributed by atoms with E-state index >= 15 is 0 Å².